The molecule has 3 rings (SSSR count). The van der Waals surface area contributed by atoms with Crippen molar-refractivity contribution in [2.75, 3.05) is 11.8 Å². The number of rotatable bonds is 7. The van der Waals surface area contributed by atoms with Crippen LogP contribution in [-0.4, -0.2) is 27.5 Å². The maximum Gasteiger partial charge on any atom is 0.262 e. The minimum Gasteiger partial charge on any atom is -0.495 e. The van der Waals surface area contributed by atoms with Gasteiger partial charge in [0.15, 0.2) is 0 Å². The van der Waals surface area contributed by atoms with E-state index in [2.05, 4.69) is 10.0 Å². The summed E-state index contributed by atoms with van der Waals surface area (Å²) in [4.78, 5) is 12.4. The predicted octanol–water partition coefficient (Wildman–Crippen LogP) is 3.02. The number of anilines is 1. The second kappa shape index (κ2) is 7.37. The van der Waals surface area contributed by atoms with Crippen LogP contribution in [0.4, 0.5) is 5.69 Å². The number of carbonyl (C=O) groups excluding carboxylic acids is 1. The molecule has 0 aliphatic heterocycles. The lowest BCUT2D eigenvalue weighted by Crippen LogP contribution is -2.34. The maximum absolute atomic E-state index is 12.7. The Kier molecular flexibility index (Phi) is 5.18. The highest BCUT2D eigenvalue weighted by Crippen LogP contribution is 2.32. The summed E-state index contributed by atoms with van der Waals surface area (Å²) in [5.41, 5.74) is 0.660. The van der Waals surface area contributed by atoms with Gasteiger partial charge in [-0.3, -0.25) is 9.52 Å². The predicted molar refractivity (Wildman–Crippen MR) is 99.9 cm³/mol. The van der Waals surface area contributed by atoms with E-state index in [9.17, 15) is 13.2 Å². The van der Waals surface area contributed by atoms with E-state index in [-0.39, 0.29) is 16.8 Å². The quantitative estimate of drug-likeness (QED) is 0.780. The van der Waals surface area contributed by atoms with Crippen LogP contribution in [-0.2, 0) is 10.0 Å². The molecule has 1 saturated carbocycles. The SMILES string of the molecule is COc1ccccc1NS(=O)(=O)c1cccc(C(=O)NC(C)C2CC2)c1. The fourth-order valence-electron chi connectivity index (χ4n) is 2.74. The topological polar surface area (TPSA) is 84.5 Å². The molecular weight excluding hydrogens is 352 g/mol. The van der Waals surface area contributed by atoms with Crippen molar-refractivity contribution in [1.29, 1.82) is 0 Å². The largest absolute Gasteiger partial charge is 0.495 e. The highest BCUT2D eigenvalue weighted by atomic mass is 32.2. The molecule has 6 nitrogen and oxygen atoms in total. The number of hydrogen-bond donors (Lipinski definition) is 2. The Morgan fingerprint density at radius 3 is 2.58 bits per heavy atom. The average Bonchev–Trinajstić information content (AvgIpc) is 3.47. The van der Waals surface area contributed by atoms with Crippen LogP contribution in [0.1, 0.15) is 30.1 Å². The molecule has 0 radical (unpaired) electrons. The third kappa shape index (κ3) is 4.16. The van der Waals surface area contributed by atoms with Gasteiger partial charge in [-0.2, -0.15) is 0 Å². The molecule has 1 amide bonds. The number of ether oxygens (including phenoxy) is 1. The molecule has 0 spiro atoms. The van der Waals surface area contributed by atoms with Crippen LogP contribution in [0.25, 0.3) is 0 Å². The smallest absolute Gasteiger partial charge is 0.262 e. The van der Waals surface area contributed by atoms with E-state index in [1.807, 2.05) is 6.92 Å². The van der Waals surface area contributed by atoms with Gasteiger partial charge in [0.1, 0.15) is 5.75 Å². The van der Waals surface area contributed by atoms with Crippen molar-refractivity contribution in [2.24, 2.45) is 5.92 Å². The van der Waals surface area contributed by atoms with E-state index >= 15 is 0 Å². The third-order valence-electron chi connectivity index (χ3n) is 4.45. The van der Waals surface area contributed by atoms with Gasteiger partial charge in [-0.1, -0.05) is 18.2 Å². The second-order valence-electron chi connectivity index (χ2n) is 6.43. The number of methoxy groups -OCH3 is 1. The van der Waals surface area contributed by atoms with Crippen molar-refractivity contribution in [1.82, 2.24) is 5.32 Å². The molecule has 1 unspecified atom stereocenters. The van der Waals surface area contributed by atoms with Crippen LogP contribution in [0.5, 0.6) is 5.75 Å². The van der Waals surface area contributed by atoms with Gasteiger partial charge in [-0.25, -0.2) is 8.42 Å². The second-order valence-corrected chi connectivity index (χ2v) is 8.12. The first-order chi connectivity index (χ1) is 12.4. The van der Waals surface area contributed by atoms with E-state index in [0.717, 1.165) is 12.8 Å². The molecule has 0 heterocycles. The van der Waals surface area contributed by atoms with Crippen molar-refractivity contribution in [3.05, 3.63) is 54.1 Å². The molecule has 2 N–H and O–H groups in total. The monoisotopic (exact) mass is 374 g/mol. The number of para-hydroxylation sites is 2. The van der Waals surface area contributed by atoms with E-state index < -0.39 is 10.0 Å². The summed E-state index contributed by atoms with van der Waals surface area (Å²) in [7, 11) is -2.37. The zero-order valence-electron chi connectivity index (χ0n) is 14.7. The third-order valence-corrected chi connectivity index (χ3v) is 5.81. The van der Waals surface area contributed by atoms with Crippen molar-refractivity contribution < 1.29 is 17.9 Å². The average molecular weight is 374 g/mol. The molecular formula is C19H22N2O4S. The number of carbonyl (C=O) groups is 1. The molecule has 26 heavy (non-hydrogen) atoms. The summed E-state index contributed by atoms with van der Waals surface area (Å²) < 4.78 is 33.0. The standard InChI is InChI=1S/C19H22N2O4S/c1-13(14-10-11-14)20-19(22)15-6-5-7-16(12-15)26(23,24)21-17-8-3-4-9-18(17)25-2/h3-9,12-14,21H,10-11H2,1-2H3,(H,20,22). The Bertz CT molecular complexity index is 907. The molecule has 1 fully saturated rings. The lowest BCUT2D eigenvalue weighted by Gasteiger charge is -2.14. The van der Waals surface area contributed by atoms with E-state index in [1.165, 1.54) is 19.2 Å². The minimum absolute atomic E-state index is 0.0233. The number of benzene rings is 2. The lowest BCUT2D eigenvalue weighted by atomic mass is 10.1. The molecule has 7 heteroatoms. The molecule has 0 saturated heterocycles. The number of hydrogen-bond acceptors (Lipinski definition) is 4. The van der Waals surface area contributed by atoms with Gasteiger partial charge in [-0.05, 0) is 56.0 Å². The van der Waals surface area contributed by atoms with Crippen molar-refractivity contribution >= 4 is 21.6 Å². The molecule has 2 aromatic carbocycles. The Morgan fingerprint density at radius 2 is 1.88 bits per heavy atom. The fourth-order valence-corrected chi connectivity index (χ4v) is 3.86. The van der Waals surface area contributed by atoms with Crippen molar-refractivity contribution in [3.63, 3.8) is 0 Å². The molecule has 0 bridgehead atoms. The summed E-state index contributed by atoms with van der Waals surface area (Å²) in [6.45, 7) is 1.97. The summed E-state index contributed by atoms with van der Waals surface area (Å²) in [5.74, 6) is 0.681. The summed E-state index contributed by atoms with van der Waals surface area (Å²) >= 11 is 0. The van der Waals surface area contributed by atoms with E-state index in [4.69, 9.17) is 4.74 Å². The summed E-state index contributed by atoms with van der Waals surface area (Å²) in [5, 5.41) is 2.93. The van der Waals surface area contributed by atoms with Gasteiger partial charge in [0, 0.05) is 11.6 Å². The highest BCUT2D eigenvalue weighted by Gasteiger charge is 2.29. The van der Waals surface area contributed by atoms with Crippen LogP contribution < -0.4 is 14.8 Å². The van der Waals surface area contributed by atoms with Crippen molar-refractivity contribution in [3.8, 4) is 5.75 Å². The van der Waals surface area contributed by atoms with Crippen LogP contribution in [0, 0.1) is 5.92 Å². The first-order valence-corrected chi connectivity index (χ1v) is 9.96. The summed E-state index contributed by atoms with van der Waals surface area (Å²) in [6, 6.07) is 12.8. The van der Waals surface area contributed by atoms with Gasteiger partial charge in [0.25, 0.3) is 15.9 Å². The van der Waals surface area contributed by atoms with Crippen LogP contribution in [0.2, 0.25) is 0 Å². The Balaban J connectivity index is 1.80. The Morgan fingerprint density at radius 1 is 1.15 bits per heavy atom. The number of nitrogens with one attached hydrogen (secondary N) is 2. The van der Waals surface area contributed by atoms with Crippen LogP contribution in [0.3, 0.4) is 0 Å². The Hall–Kier alpha value is -2.54. The van der Waals surface area contributed by atoms with Crippen LogP contribution >= 0.6 is 0 Å². The van der Waals surface area contributed by atoms with Gasteiger partial charge in [0.2, 0.25) is 0 Å². The first-order valence-electron chi connectivity index (χ1n) is 8.47. The van der Waals surface area contributed by atoms with Gasteiger partial charge in [0.05, 0.1) is 17.7 Å². The van der Waals surface area contributed by atoms with Gasteiger partial charge >= 0.3 is 0 Å². The van der Waals surface area contributed by atoms with Gasteiger partial charge in [-0.15, -0.1) is 0 Å². The van der Waals surface area contributed by atoms with E-state index in [0.29, 0.717) is 22.9 Å². The zero-order valence-corrected chi connectivity index (χ0v) is 15.5. The zero-order chi connectivity index (χ0) is 18.7. The lowest BCUT2D eigenvalue weighted by molar-refractivity contribution is 0.0935. The highest BCUT2D eigenvalue weighted by molar-refractivity contribution is 7.92. The first kappa shape index (κ1) is 18.3. The van der Waals surface area contributed by atoms with Gasteiger partial charge < -0.3 is 10.1 Å². The normalized spacial score (nSPS) is 15.2. The summed E-state index contributed by atoms with van der Waals surface area (Å²) in [6.07, 6.45) is 2.25. The Labute approximate surface area is 153 Å². The molecule has 2 aromatic rings. The number of amides is 1. The molecule has 1 atom stereocenters. The minimum atomic E-state index is -3.84. The maximum atomic E-state index is 12.7. The number of sulfonamides is 1. The fraction of sp³-hybridized carbons (Fsp3) is 0.316. The van der Waals surface area contributed by atoms with Crippen molar-refractivity contribution in [2.45, 2.75) is 30.7 Å². The molecule has 1 aliphatic rings. The van der Waals surface area contributed by atoms with Crippen LogP contribution in [0.15, 0.2) is 53.4 Å². The van der Waals surface area contributed by atoms with E-state index in [1.54, 1.807) is 36.4 Å². The molecule has 1 aliphatic carbocycles. The molecule has 0 aromatic heterocycles. The molecule has 138 valence electrons.